The Labute approximate surface area is 124 Å². The van der Waals surface area contributed by atoms with Crippen LogP contribution in [0.2, 0.25) is 0 Å². The number of hydrogen-bond acceptors (Lipinski definition) is 4. The number of halogens is 1. The molecular formula is C16H21FN2O2. The third-order valence-corrected chi connectivity index (χ3v) is 3.06. The normalized spacial score (nSPS) is 11.1. The highest BCUT2D eigenvalue weighted by atomic mass is 19.1. The van der Waals surface area contributed by atoms with Crippen LogP contribution in [-0.2, 0) is 6.42 Å². The van der Waals surface area contributed by atoms with Gasteiger partial charge in [0.25, 0.3) is 0 Å². The van der Waals surface area contributed by atoms with Crippen LogP contribution in [0.5, 0.6) is 5.75 Å². The first-order valence-corrected chi connectivity index (χ1v) is 7.10. The molecule has 2 aromatic rings. The Balaban J connectivity index is 2.06. The van der Waals surface area contributed by atoms with Crippen molar-refractivity contribution in [3.63, 3.8) is 0 Å². The van der Waals surface area contributed by atoms with E-state index in [1.807, 2.05) is 0 Å². The summed E-state index contributed by atoms with van der Waals surface area (Å²) in [6, 6.07) is 4.68. The first-order valence-electron chi connectivity index (χ1n) is 7.10. The molecule has 4 nitrogen and oxygen atoms in total. The maximum atomic E-state index is 13.9. The Bertz CT molecular complexity index is 581. The number of hydrogen-bond donors (Lipinski definition) is 1. The monoisotopic (exact) mass is 292 g/mol. The molecule has 0 saturated carbocycles. The highest BCUT2D eigenvalue weighted by Gasteiger charge is 2.16. The van der Waals surface area contributed by atoms with E-state index in [9.17, 15) is 4.39 Å². The second-order valence-corrected chi connectivity index (χ2v) is 5.28. The van der Waals surface area contributed by atoms with E-state index in [1.54, 1.807) is 18.3 Å². The van der Waals surface area contributed by atoms with Gasteiger partial charge >= 0.3 is 0 Å². The summed E-state index contributed by atoms with van der Waals surface area (Å²) in [6.45, 7) is 6.04. The van der Waals surface area contributed by atoms with Gasteiger partial charge in [0.2, 0.25) is 0 Å². The Hall–Kier alpha value is -1.88. The molecule has 0 unspecified atom stereocenters. The standard InChI is InChI=1S/C16H21FN2O2/c1-11(2)9-18-8-7-15-19-10-14(21-15)16-12(17)5-4-6-13(16)20-3/h4-6,10-11,18H,7-9H2,1-3H3. The van der Waals surface area contributed by atoms with Crippen LogP contribution < -0.4 is 10.1 Å². The smallest absolute Gasteiger partial charge is 0.196 e. The summed E-state index contributed by atoms with van der Waals surface area (Å²) in [6.07, 6.45) is 2.21. The predicted octanol–water partition coefficient (Wildman–Crippen LogP) is 3.28. The number of nitrogens with one attached hydrogen (secondary N) is 1. The van der Waals surface area contributed by atoms with Crippen LogP contribution in [-0.4, -0.2) is 25.2 Å². The van der Waals surface area contributed by atoms with Crippen LogP contribution in [0.15, 0.2) is 28.8 Å². The lowest BCUT2D eigenvalue weighted by Crippen LogP contribution is -2.22. The van der Waals surface area contributed by atoms with Gasteiger partial charge in [-0.05, 0) is 24.6 Å². The van der Waals surface area contributed by atoms with Gasteiger partial charge in [-0.25, -0.2) is 9.37 Å². The number of benzene rings is 1. The highest BCUT2D eigenvalue weighted by Crippen LogP contribution is 2.32. The number of rotatable bonds is 7. The van der Waals surface area contributed by atoms with Crippen molar-refractivity contribution in [1.29, 1.82) is 0 Å². The zero-order valence-electron chi connectivity index (χ0n) is 12.6. The van der Waals surface area contributed by atoms with E-state index >= 15 is 0 Å². The van der Waals surface area contributed by atoms with E-state index in [0.717, 1.165) is 13.1 Å². The maximum absolute atomic E-state index is 13.9. The molecule has 5 heteroatoms. The summed E-state index contributed by atoms with van der Waals surface area (Å²) in [5.41, 5.74) is 0.314. The van der Waals surface area contributed by atoms with E-state index in [1.165, 1.54) is 13.2 Å². The molecule has 1 aromatic heterocycles. The molecule has 0 radical (unpaired) electrons. The largest absolute Gasteiger partial charge is 0.496 e. The predicted molar refractivity (Wildman–Crippen MR) is 79.9 cm³/mol. The Morgan fingerprint density at radius 2 is 2.19 bits per heavy atom. The van der Waals surface area contributed by atoms with Crippen LogP contribution in [0, 0.1) is 11.7 Å². The number of oxazole rings is 1. The average molecular weight is 292 g/mol. The van der Waals surface area contributed by atoms with Crippen LogP contribution in [0.25, 0.3) is 11.3 Å². The van der Waals surface area contributed by atoms with Gasteiger partial charge in [-0.2, -0.15) is 0 Å². The summed E-state index contributed by atoms with van der Waals surface area (Å²) >= 11 is 0. The van der Waals surface area contributed by atoms with Crippen molar-refractivity contribution in [2.75, 3.05) is 20.2 Å². The maximum Gasteiger partial charge on any atom is 0.196 e. The molecular weight excluding hydrogens is 271 g/mol. The highest BCUT2D eigenvalue weighted by molar-refractivity contribution is 5.65. The molecule has 0 atom stereocenters. The minimum Gasteiger partial charge on any atom is -0.496 e. The molecule has 1 N–H and O–H groups in total. The fraction of sp³-hybridized carbons (Fsp3) is 0.438. The molecule has 2 rings (SSSR count). The Morgan fingerprint density at radius 1 is 1.38 bits per heavy atom. The molecule has 0 fully saturated rings. The minimum atomic E-state index is -0.380. The van der Waals surface area contributed by atoms with Crippen LogP contribution >= 0.6 is 0 Å². The third kappa shape index (κ3) is 4.04. The Morgan fingerprint density at radius 3 is 2.90 bits per heavy atom. The molecule has 0 aliphatic heterocycles. The summed E-state index contributed by atoms with van der Waals surface area (Å²) in [4.78, 5) is 4.20. The molecule has 0 amide bonds. The average Bonchev–Trinajstić information content (AvgIpc) is 2.91. The van der Waals surface area contributed by atoms with Crippen molar-refractivity contribution < 1.29 is 13.5 Å². The molecule has 1 aromatic carbocycles. The van der Waals surface area contributed by atoms with Crippen molar-refractivity contribution in [2.24, 2.45) is 5.92 Å². The second-order valence-electron chi connectivity index (χ2n) is 5.28. The fourth-order valence-corrected chi connectivity index (χ4v) is 2.04. The van der Waals surface area contributed by atoms with Crippen molar-refractivity contribution in [3.8, 4) is 17.1 Å². The van der Waals surface area contributed by atoms with Gasteiger partial charge in [0.1, 0.15) is 11.6 Å². The first kappa shape index (κ1) is 15.5. The molecule has 0 aliphatic rings. The summed E-state index contributed by atoms with van der Waals surface area (Å²) in [5, 5.41) is 3.32. The van der Waals surface area contributed by atoms with E-state index in [2.05, 4.69) is 24.1 Å². The number of methoxy groups -OCH3 is 1. The minimum absolute atomic E-state index is 0.314. The molecule has 1 heterocycles. The number of ether oxygens (including phenoxy) is 1. The van der Waals surface area contributed by atoms with Crippen molar-refractivity contribution in [1.82, 2.24) is 10.3 Å². The van der Waals surface area contributed by atoms with Gasteiger partial charge in [-0.15, -0.1) is 0 Å². The second kappa shape index (κ2) is 7.22. The lowest BCUT2D eigenvalue weighted by Gasteiger charge is -2.06. The molecule has 0 saturated heterocycles. The third-order valence-electron chi connectivity index (χ3n) is 3.06. The number of aromatic nitrogens is 1. The number of nitrogens with zero attached hydrogens (tertiary/aromatic N) is 1. The van der Waals surface area contributed by atoms with Gasteiger partial charge in [0.15, 0.2) is 11.7 Å². The van der Waals surface area contributed by atoms with Crippen molar-refractivity contribution >= 4 is 0 Å². The molecule has 21 heavy (non-hydrogen) atoms. The first-order chi connectivity index (χ1) is 10.1. The van der Waals surface area contributed by atoms with E-state index in [0.29, 0.717) is 35.3 Å². The van der Waals surface area contributed by atoms with Crippen molar-refractivity contribution in [3.05, 3.63) is 36.1 Å². The van der Waals surface area contributed by atoms with Crippen LogP contribution in [0.3, 0.4) is 0 Å². The topological polar surface area (TPSA) is 47.3 Å². The zero-order chi connectivity index (χ0) is 15.2. The molecule has 114 valence electrons. The van der Waals surface area contributed by atoms with Crippen molar-refractivity contribution in [2.45, 2.75) is 20.3 Å². The van der Waals surface area contributed by atoms with Gasteiger partial charge in [-0.1, -0.05) is 19.9 Å². The van der Waals surface area contributed by atoms with E-state index < -0.39 is 0 Å². The van der Waals surface area contributed by atoms with Gasteiger partial charge < -0.3 is 14.5 Å². The van der Waals surface area contributed by atoms with E-state index in [-0.39, 0.29) is 5.82 Å². The van der Waals surface area contributed by atoms with Gasteiger partial charge in [0.05, 0.1) is 18.9 Å². The van der Waals surface area contributed by atoms with Gasteiger partial charge in [-0.3, -0.25) is 0 Å². The van der Waals surface area contributed by atoms with Crippen LogP contribution in [0.1, 0.15) is 19.7 Å². The zero-order valence-corrected chi connectivity index (χ0v) is 12.6. The fourth-order valence-electron chi connectivity index (χ4n) is 2.04. The summed E-state index contributed by atoms with van der Waals surface area (Å²) in [5.74, 6) is 1.65. The summed E-state index contributed by atoms with van der Waals surface area (Å²) < 4.78 is 24.8. The lowest BCUT2D eigenvalue weighted by atomic mass is 10.1. The molecule has 0 spiro atoms. The van der Waals surface area contributed by atoms with E-state index in [4.69, 9.17) is 9.15 Å². The van der Waals surface area contributed by atoms with Gasteiger partial charge in [0, 0.05) is 13.0 Å². The van der Waals surface area contributed by atoms with Crippen LogP contribution in [0.4, 0.5) is 4.39 Å². The molecule has 0 aliphatic carbocycles. The Kier molecular flexibility index (Phi) is 5.33. The molecule has 0 bridgehead atoms. The SMILES string of the molecule is COc1cccc(F)c1-c1cnc(CCNCC(C)C)o1. The summed E-state index contributed by atoms with van der Waals surface area (Å²) in [7, 11) is 1.51. The quantitative estimate of drug-likeness (QED) is 0.796. The lowest BCUT2D eigenvalue weighted by molar-refractivity contribution is 0.410.